The van der Waals surface area contributed by atoms with Gasteiger partial charge in [0, 0.05) is 122 Å². The minimum atomic E-state index is -3.67. The SMILES string of the molecule is C.C.CCOC(=O)C[n+]1ccc(-c2cc[n+](CC(=O)OCC)cc2)cc1.FB(F)F.FB(F)F.O=C(O)C[n+]1ccc(-c2cc[n+](CC(=O)O)cc2)cc1.O=C(O)C[n+]1ccc(-c2cc[n+](CC(=O)O)cc2)cc1.O=C(O)C[n+]1ccc(-c2cc[n+](CC(=O)O)cc2)cc1.[F-].[F-].c1cc(-c2ccncc2)ccn1. The van der Waals surface area contributed by atoms with Crippen molar-refractivity contribution in [2.45, 2.75) is 81.1 Å². The number of ether oxygens (including phenoxy) is 2. The second kappa shape index (κ2) is 51.9. The second-order valence-electron chi connectivity index (χ2n) is 21.0. The quantitative estimate of drug-likeness (QED) is 0.0220. The normalized spacial score (nSPS) is 9.52. The van der Waals surface area contributed by atoms with Gasteiger partial charge in [0.2, 0.25) is 52.4 Å². The molecule has 10 heterocycles. The molecule has 570 valence electrons. The highest BCUT2D eigenvalue weighted by Crippen LogP contribution is 2.20. The Morgan fingerprint density at radius 3 is 0.519 bits per heavy atom. The van der Waals surface area contributed by atoms with Gasteiger partial charge in [0.25, 0.3) is 0 Å². The lowest BCUT2D eigenvalue weighted by Crippen LogP contribution is -3.00. The maximum absolute atomic E-state index is 11.5. The molecule has 0 atom stereocenters. The van der Waals surface area contributed by atoms with Crippen molar-refractivity contribution >= 4 is 62.8 Å². The lowest BCUT2D eigenvalue weighted by molar-refractivity contribution is -0.686. The zero-order chi connectivity index (χ0) is 76.3. The minimum Gasteiger partial charge on any atom is -1.00 e. The Bertz CT molecular complexity index is 3750. The zero-order valence-electron chi connectivity index (χ0n) is 56.6. The summed E-state index contributed by atoms with van der Waals surface area (Å²) in [7, 11) is -7.33. The first kappa shape index (κ1) is 94.8. The van der Waals surface area contributed by atoms with E-state index in [0.29, 0.717) is 13.2 Å². The van der Waals surface area contributed by atoms with Crippen LogP contribution in [-0.2, 0) is 100 Å². The Kier molecular flexibility index (Phi) is 45.6. The van der Waals surface area contributed by atoms with Gasteiger partial charge in [-0.3, -0.25) is 35.9 Å². The summed E-state index contributed by atoms with van der Waals surface area (Å²) in [6.45, 7) is 4.28. The molecule has 0 radical (unpaired) electrons. The molecule has 0 unspecified atom stereocenters. The summed E-state index contributed by atoms with van der Waals surface area (Å²) in [4.78, 5) is 94.3. The number of hydrogen-bond donors (Lipinski definition) is 6. The summed E-state index contributed by atoms with van der Waals surface area (Å²) in [5, 5.41) is 52.1. The Hall–Kier alpha value is -13.2. The molecule has 0 bridgehead atoms. The van der Waals surface area contributed by atoms with E-state index in [0.717, 1.165) is 44.5 Å². The third-order valence-electron chi connectivity index (χ3n) is 13.3. The van der Waals surface area contributed by atoms with E-state index in [4.69, 9.17) is 40.1 Å². The number of hydrogen-bond acceptors (Lipinski definition) is 12. The Morgan fingerprint density at radius 2 is 0.398 bits per heavy atom. The van der Waals surface area contributed by atoms with Crippen molar-refractivity contribution in [2.75, 3.05) is 13.2 Å². The van der Waals surface area contributed by atoms with Crippen molar-refractivity contribution in [1.29, 1.82) is 0 Å². The summed E-state index contributed by atoms with van der Waals surface area (Å²) < 4.78 is 80.8. The maximum atomic E-state index is 11.5. The lowest BCUT2D eigenvalue weighted by Gasteiger charge is -2.02. The van der Waals surface area contributed by atoms with Gasteiger partial charge in [-0.25, -0.2) is 38.4 Å². The van der Waals surface area contributed by atoms with Crippen LogP contribution in [0.4, 0.5) is 25.9 Å². The lowest BCUT2D eigenvalue weighted by atomic mass is 10.1. The van der Waals surface area contributed by atoms with Gasteiger partial charge in [0.15, 0.2) is 99.1 Å². The Balaban J connectivity index is 0.00000129. The van der Waals surface area contributed by atoms with Gasteiger partial charge in [-0.1, -0.05) is 14.9 Å². The number of carbonyl (C=O) groups is 8. The van der Waals surface area contributed by atoms with Crippen LogP contribution < -0.4 is 45.9 Å². The summed E-state index contributed by atoms with van der Waals surface area (Å²) in [5.74, 6) is -5.86. The molecule has 10 rings (SSSR count). The number of rotatable bonds is 23. The van der Waals surface area contributed by atoms with E-state index in [1.165, 1.54) is 11.1 Å². The van der Waals surface area contributed by atoms with E-state index in [9.17, 15) is 64.3 Å². The predicted molar refractivity (Wildman–Crippen MR) is 367 cm³/mol. The highest BCUT2D eigenvalue weighted by molar-refractivity contribution is 6.33. The van der Waals surface area contributed by atoms with Crippen LogP contribution in [0.1, 0.15) is 28.7 Å². The van der Waals surface area contributed by atoms with E-state index in [-0.39, 0.29) is 88.6 Å². The van der Waals surface area contributed by atoms with Crippen LogP contribution in [-0.4, -0.2) is 117 Å². The first-order chi connectivity index (χ1) is 49.7. The Labute approximate surface area is 616 Å². The first-order valence-corrected chi connectivity index (χ1v) is 30.9. The molecular weight excluding hydrogens is 1430 g/mol. The molecule has 10 aromatic heterocycles. The number of pyridine rings is 10. The van der Waals surface area contributed by atoms with E-state index in [1.807, 2.05) is 146 Å². The molecule has 0 amide bonds. The van der Waals surface area contributed by atoms with Crippen molar-refractivity contribution in [2.24, 2.45) is 0 Å². The van der Waals surface area contributed by atoms with Crippen LogP contribution in [0, 0.1) is 0 Å². The molecule has 0 saturated carbocycles. The fourth-order valence-electron chi connectivity index (χ4n) is 8.78. The third kappa shape index (κ3) is 39.5. The number of carboxylic acid groups (broad SMARTS) is 6. The van der Waals surface area contributed by atoms with Gasteiger partial charge in [0.05, 0.1) is 13.2 Å². The van der Waals surface area contributed by atoms with Crippen LogP contribution in [0.5, 0.6) is 0 Å². The van der Waals surface area contributed by atoms with Gasteiger partial charge < -0.3 is 49.5 Å². The summed E-state index contributed by atoms with van der Waals surface area (Å²) in [6, 6.07) is 37.5. The van der Waals surface area contributed by atoms with Crippen LogP contribution in [0.15, 0.2) is 245 Å². The molecule has 10 aromatic rings. The fourth-order valence-corrected chi connectivity index (χ4v) is 8.78. The molecule has 0 fully saturated rings. The number of carboxylic acids is 6. The summed E-state index contributed by atoms with van der Waals surface area (Å²) in [5.41, 5.74) is 10.0. The topological polar surface area (TPSA) is 333 Å². The molecule has 36 heteroatoms. The molecule has 0 aliphatic heterocycles. The van der Waals surface area contributed by atoms with Gasteiger partial charge >= 0.3 is 62.8 Å². The van der Waals surface area contributed by atoms with Crippen molar-refractivity contribution < 1.29 is 150 Å². The zero-order valence-corrected chi connectivity index (χ0v) is 56.6. The Morgan fingerprint density at radius 1 is 0.278 bits per heavy atom. The van der Waals surface area contributed by atoms with Gasteiger partial charge in [-0.2, -0.15) is 36.5 Å². The van der Waals surface area contributed by atoms with E-state index in [2.05, 4.69) is 9.97 Å². The van der Waals surface area contributed by atoms with Crippen molar-refractivity contribution in [1.82, 2.24) is 9.97 Å². The second-order valence-corrected chi connectivity index (χ2v) is 21.0. The molecule has 0 aromatic carbocycles. The summed E-state index contributed by atoms with van der Waals surface area (Å²) >= 11 is 0. The number of nitrogens with zero attached hydrogens (tertiary/aromatic N) is 10. The van der Waals surface area contributed by atoms with Gasteiger partial charge in [-0.15, -0.1) is 0 Å². The van der Waals surface area contributed by atoms with E-state index in [1.54, 1.807) is 150 Å². The average Bonchev–Trinajstić information content (AvgIpc) is 0.866. The van der Waals surface area contributed by atoms with Crippen molar-refractivity contribution in [3.63, 3.8) is 0 Å². The van der Waals surface area contributed by atoms with Crippen LogP contribution >= 0.6 is 0 Å². The smallest absolute Gasteiger partial charge is 0.762 e. The molecule has 0 aliphatic carbocycles. The van der Waals surface area contributed by atoms with Crippen molar-refractivity contribution in [3.05, 3.63) is 245 Å². The molecule has 0 saturated heterocycles. The largest absolute Gasteiger partial charge is 1.00 e. The molecule has 0 spiro atoms. The number of aliphatic carboxylic acids is 6. The maximum Gasteiger partial charge on any atom is 0.762 e. The van der Waals surface area contributed by atoms with Crippen LogP contribution in [0.2, 0.25) is 0 Å². The number of halogens is 8. The van der Waals surface area contributed by atoms with Crippen molar-refractivity contribution in [3.8, 4) is 55.6 Å². The van der Waals surface area contributed by atoms with Gasteiger partial charge in [-0.05, 0) is 93.7 Å². The predicted octanol–water partition coefficient (Wildman–Crippen LogP) is 0.532. The molecule has 6 N–H and O–H groups in total. The molecular formula is C72H80B2F8N10O16+6. The van der Waals surface area contributed by atoms with Crippen LogP contribution in [0.25, 0.3) is 55.6 Å². The minimum absolute atomic E-state index is 0. The van der Waals surface area contributed by atoms with Gasteiger partial charge in [0.1, 0.15) is 0 Å². The molecule has 26 nitrogen and oxygen atoms in total. The third-order valence-corrected chi connectivity index (χ3v) is 13.3. The first-order valence-electron chi connectivity index (χ1n) is 30.9. The average molecular weight is 1520 g/mol. The van der Waals surface area contributed by atoms with E-state index >= 15 is 0 Å². The van der Waals surface area contributed by atoms with E-state index < -0.39 is 50.9 Å². The number of carbonyl (C=O) groups excluding carboxylic acids is 2. The number of aromatic nitrogens is 10. The number of esters is 2. The van der Waals surface area contributed by atoms with Crippen LogP contribution in [0.3, 0.4) is 0 Å². The molecule has 0 aliphatic rings. The molecule has 108 heavy (non-hydrogen) atoms. The summed E-state index contributed by atoms with van der Waals surface area (Å²) in [6.07, 6.45) is 34.9. The fraction of sp³-hybridized carbons (Fsp3) is 0.194. The monoisotopic (exact) mass is 1510 g/mol. The standard InChI is InChI=1S/C18H22N2O4.3C14H12N2O4.C10H8N2.2CH4.2BF3.2FH/c1-3-23-17(21)13-19-9-5-15(6-10-19)16-7-11-20(12-8-16)14-18(22)24-4-2;3*17-13(18)9-15-5-1-11(2-6-15)12-3-7-16(8-4-12)10-14(19)20;1-5-11-6-2-9(1)10-3-7-12-8-4-10;;;2*2-1(3)4;;/h5-12H,3-4,13-14H2,1-2H3;3*1-8H,9-10H2;1-8H;2*1H4;;;2*1H/q+2;;;;;;;;;;/p+4. The highest BCUT2D eigenvalue weighted by Gasteiger charge is 2.17. The highest BCUT2D eigenvalue weighted by atomic mass is 19.4.